The van der Waals surface area contributed by atoms with Gasteiger partial charge in [-0.2, -0.15) is 0 Å². The summed E-state index contributed by atoms with van der Waals surface area (Å²) < 4.78 is 25.5. The first-order valence-corrected chi connectivity index (χ1v) is 5.81. The molecule has 18 heavy (non-hydrogen) atoms. The third-order valence-electron chi connectivity index (χ3n) is 2.84. The van der Waals surface area contributed by atoms with Crippen molar-refractivity contribution in [1.29, 1.82) is 0 Å². The van der Waals surface area contributed by atoms with Gasteiger partial charge in [0.25, 0.3) is 0 Å². The van der Waals surface area contributed by atoms with Crippen LogP contribution in [0.25, 0.3) is 12.2 Å². The zero-order chi connectivity index (χ0) is 12.8. The Balaban J connectivity index is 2.30. The van der Waals surface area contributed by atoms with Crippen LogP contribution in [0, 0.1) is 0 Å². The van der Waals surface area contributed by atoms with Crippen molar-refractivity contribution in [3.05, 3.63) is 70.8 Å². The van der Waals surface area contributed by atoms with Crippen LogP contribution in [0.3, 0.4) is 0 Å². The first-order chi connectivity index (χ1) is 8.85. The summed E-state index contributed by atoms with van der Waals surface area (Å²) in [5, 5.41) is 0. The molecule has 0 radical (unpaired) electrons. The second-order valence-corrected chi connectivity index (χ2v) is 4.00. The number of alkyl halides is 2. The zero-order valence-corrected chi connectivity index (χ0v) is 9.94. The Labute approximate surface area is 106 Å². The Morgan fingerprint density at radius 3 is 1.44 bits per heavy atom. The molecule has 2 aromatic carbocycles. The normalized spacial score (nSPS) is 11.0. The van der Waals surface area contributed by atoms with Crippen molar-refractivity contribution in [1.82, 2.24) is 0 Å². The van der Waals surface area contributed by atoms with E-state index in [-0.39, 0.29) is 0 Å². The van der Waals surface area contributed by atoms with Crippen LogP contribution in [0.2, 0.25) is 0 Å². The lowest BCUT2D eigenvalue weighted by atomic mass is 10.0. The number of hydrogen-bond acceptors (Lipinski definition) is 0. The Bertz CT molecular complexity index is 495. The predicted molar refractivity (Wildman–Crippen MR) is 71.4 cm³/mol. The molecule has 0 aliphatic carbocycles. The molecule has 0 aromatic heterocycles. The predicted octanol–water partition coefficient (Wildman–Crippen LogP) is 4.80. The average Bonchev–Trinajstić information content (AvgIpc) is 2.45. The number of hydrogen-bond donors (Lipinski definition) is 0. The van der Waals surface area contributed by atoms with Crippen molar-refractivity contribution in [3.8, 4) is 0 Å². The lowest BCUT2D eigenvalue weighted by Gasteiger charge is -2.03. The van der Waals surface area contributed by atoms with Gasteiger partial charge in [0.1, 0.15) is 13.3 Å². The maximum Gasteiger partial charge on any atom is 0.115 e. The van der Waals surface area contributed by atoms with E-state index in [1.54, 1.807) is 12.1 Å². The van der Waals surface area contributed by atoms with E-state index in [9.17, 15) is 8.78 Å². The van der Waals surface area contributed by atoms with E-state index in [0.717, 1.165) is 11.1 Å². The molecule has 0 saturated heterocycles. The summed E-state index contributed by atoms with van der Waals surface area (Å²) in [7, 11) is 0. The molecule has 0 bridgehead atoms. The first-order valence-electron chi connectivity index (χ1n) is 5.81. The highest BCUT2D eigenvalue weighted by Gasteiger charge is 1.99. The minimum Gasteiger partial charge on any atom is -0.246 e. The van der Waals surface area contributed by atoms with Gasteiger partial charge in [0.05, 0.1) is 0 Å². The third kappa shape index (κ3) is 2.83. The fraction of sp³-hybridized carbons (Fsp3) is 0.125. The maximum atomic E-state index is 12.8. The fourth-order valence-corrected chi connectivity index (χ4v) is 1.82. The highest BCUT2D eigenvalue weighted by Crippen LogP contribution is 2.17. The van der Waals surface area contributed by atoms with Crippen LogP contribution in [0.15, 0.2) is 48.5 Å². The van der Waals surface area contributed by atoms with E-state index in [2.05, 4.69) is 0 Å². The molecule has 2 aromatic rings. The molecule has 0 heterocycles. The van der Waals surface area contributed by atoms with Crippen LogP contribution in [-0.4, -0.2) is 0 Å². The molecule has 0 fully saturated rings. The van der Waals surface area contributed by atoms with Gasteiger partial charge in [-0.3, -0.25) is 0 Å². The molecule has 0 atom stereocenters. The Morgan fingerprint density at radius 2 is 1.06 bits per heavy atom. The van der Waals surface area contributed by atoms with Gasteiger partial charge in [-0.1, -0.05) is 60.7 Å². The third-order valence-corrected chi connectivity index (χ3v) is 2.84. The van der Waals surface area contributed by atoms with Crippen LogP contribution in [0.4, 0.5) is 8.78 Å². The smallest absolute Gasteiger partial charge is 0.115 e. The Morgan fingerprint density at radius 1 is 0.667 bits per heavy atom. The molecule has 0 unspecified atom stereocenters. The van der Waals surface area contributed by atoms with Crippen molar-refractivity contribution < 1.29 is 8.78 Å². The van der Waals surface area contributed by atoms with Crippen molar-refractivity contribution in [2.45, 2.75) is 13.3 Å². The minimum absolute atomic E-state index is 0.495. The molecule has 0 aliphatic rings. The van der Waals surface area contributed by atoms with Gasteiger partial charge in [0, 0.05) is 0 Å². The quantitative estimate of drug-likeness (QED) is 0.678. The number of halogens is 2. The standard InChI is InChI=1S/C16H14F2/c17-11-15-7-3-1-5-13(15)9-10-14-6-2-4-8-16(14)12-18/h1-10H,11-12H2/b10-9+. The highest BCUT2D eigenvalue weighted by atomic mass is 19.1. The SMILES string of the molecule is FCc1ccccc1/C=C/c1ccccc1CF. The van der Waals surface area contributed by atoms with E-state index in [1.807, 2.05) is 48.6 Å². The molecule has 0 N–H and O–H groups in total. The van der Waals surface area contributed by atoms with Gasteiger partial charge in [0.15, 0.2) is 0 Å². The van der Waals surface area contributed by atoms with Crippen LogP contribution in [0.1, 0.15) is 22.3 Å². The van der Waals surface area contributed by atoms with Crippen molar-refractivity contribution in [2.75, 3.05) is 0 Å². The van der Waals surface area contributed by atoms with Crippen LogP contribution >= 0.6 is 0 Å². The molecule has 0 spiro atoms. The van der Waals surface area contributed by atoms with E-state index in [1.165, 1.54) is 0 Å². The average molecular weight is 244 g/mol. The van der Waals surface area contributed by atoms with Crippen LogP contribution in [-0.2, 0) is 13.3 Å². The topological polar surface area (TPSA) is 0 Å². The molecule has 0 amide bonds. The monoisotopic (exact) mass is 244 g/mol. The van der Waals surface area contributed by atoms with E-state index in [0.29, 0.717) is 11.1 Å². The van der Waals surface area contributed by atoms with Crippen molar-refractivity contribution in [3.63, 3.8) is 0 Å². The van der Waals surface area contributed by atoms with Gasteiger partial charge >= 0.3 is 0 Å². The van der Waals surface area contributed by atoms with Gasteiger partial charge < -0.3 is 0 Å². The van der Waals surface area contributed by atoms with Gasteiger partial charge in [0.2, 0.25) is 0 Å². The summed E-state index contributed by atoms with van der Waals surface area (Å²) >= 11 is 0. The summed E-state index contributed by atoms with van der Waals surface area (Å²) in [6, 6.07) is 14.5. The molecular weight excluding hydrogens is 230 g/mol. The molecule has 2 heteroatoms. The molecule has 2 rings (SSSR count). The van der Waals surface area contributed by atoms with Crippen molar-refractivity contribution in [2.24, 2.45) is 0 Å². The van der Waals surface area contributed by atoms with E-state index in [4.69, 9.17) is 0 Å². The molecule has 0 aliphatic heterocycles. The second-order valence-electron chi connectivity index (χ2n) is 4.00. The first kappa shape index (κ1) is 12.5. The Kier molecular flexibility index (Phi) is 4.24. The summed E-state index contributed by atoms with van der Waals surface area (Å²) in [4.78, 5) is 0. The molecule has 0 nitrogen and oxygen atoms in total. The molecular formula is C16H14F2. The summed E-state index contributed by atoms with van der Waals surface area (Å²) in [6.45, 7) is -0.990. The number of benzene rings is 2. The number of rotatable bonds is 4. The van der Waals surface area contributed by atoms with E-state index < -0.39 is 13.3 Å². The zero-order valence-electron chi connectivity index (χ0n) is 9.94. The summed E-state index contributed by atoms with van der Waals surface area (Å²) in [5.74, 6) is 0. The van der Waals surface area contributed by atoms with Gasteiger partial charge in [-0.05, 0) is 22.3 Å². The minimum atomic E-state index is -0.495. The Hall–Kier alpha value is -1.96. The van der Waals surface area contributed by atoms with Gasteiger partial charge in [-0.15, -0.1) is 0 Å². The highest BCUT2D eigenvalue weighted by molar-refractivity contribution is 5.72. The van der Waals surface area contributed by atoms with E-state index >= 15 is 0 Å². The maximum absolute atomic E-state index is 12.8. The summed E-state index contributed by atoms with van der Waals surface area (Å²) in [6.07, 6.45) is 3.65. The fourth-order valence-electron chi connectivity index (χ4n) is 1.82. The lowest BCUT2D eigenvalue weighted by molar-refractivity contribution is 0.484. The molecule has 92 valence electrons. The second kappa shape index (κ2) is 6.10. The lowest BCUT2D eigenvalue weighted by Crippen LogP contribution is -1.86. The summed E-state index contributed by atoms with van der Waals surface area (Å²) in [5.41, 5.74) is 2.94. The van der Waals surface area contributed by atoms with Crippen molar-refractivity contribution >= 4 is 12.2 Å². The van der Waals surface area contributed by atoms with Gasteiger partial charge in [-0.25, -0.2) is 8.78 Å². The molecule has 0 saturated carbocycles. The largest absolute Gasteiger partial charge is 0.246 e. The van der Waals surface area contributed by atoms with Crippen LogP contribution in [0.5, 0.6) is 0 Å². The van der Waals surface area contributed by atoms with Crippen LogP contribution < -0.4 is 0 Å².